The van der Waals surface area contributed by atoms with Gasteiger partial charge < -0.3 is 24.3 Å². The van der Waals surface area contributed by atoms with E-state index in [0.717, 1.165) is 9.54 Å². The minimum Gasteiger partial charge on any atom is -0.496 e. The molecule has 0 aliphatic rings. The number of hydrogen-bond donors (Lipinski definition) is 1. The van der Waals surface area contributed by atoms with E-state index in [1.54, 1.807) is 45.5 Å². The van der Waals surface area contributed by atoms with Gasteiger partial charge in [0.05, 0.1) is 24.3 Å². The first-order chi connectivity index (χ1) is 18.9. The van der Waals surface area contributed by atoms with Gasteiger partial charge in [0.15, 0.2) is 0 Å². The van der Waals surface area contributed by atoms with E-state index in [1.165, 1.54) is 30.5 Å². The summed E-state index contributed by atoms with van der Waals surface area (Å²) >= 11 is 0. The molecule has 4 rings (SSSR count). The summed E-state index contributed by atoms with van der Waals surface area (Å²) in [5.41, 5.74) is 1.81. The number of methoxy groups -OCH3 is 2. The Morgan fingerprint density at radius 3 is 2.44 bits per heavy atom. The van der Waals surface area contributed by atoms with Crippen LogP contribution in [0.4, 0.5) is 4.39 Å². The quantitative estimate of drug-likeness (QED) is 0.236. The van der Waals surface area contributed by atoms with Gasteiger partial charge in [-0.15, -0.1) is 0 Å². The van der Waals surface area contributed by atoms with Gasteiger partial charge in [-0.2, -0.15) is 0 Å². The number of hydrogen-bond acceptors (Lipinski definition) is 7. The van der Waals surface area contributed by atoms with Gasteiger partial charge in [-0.1, -0.05) is 24.3 Å². The summed E-state index contributed by atoms with van der Waals surface area (Å²) in [6.07, 6.45) is 1.49. The lowest BCUT2D eigenvalue weighted by Gasteiger charge is -2.14. The first-order valence-electron chi connectivity index (χ1n) is 12.2. The minimum atomic E-state index is -4.08. The zero-order valence-electron chi connectivity index (χ0n) is 22.0. The van der Waals surface area contributed by atoms with Gasteiger partial charge in [0.25, 0.3) is 10.0 Å². The smallest absolute Gasteiger partial charge is 0.268 e. The molecule has 0 aliphatic carbocycles. The molecule has 4 aromatic rings. The third-order valence-corrected chi connectivity index (χ3v) is 7.62. The molecule has 1 N–H and O–H groups in total. The Balaban J connectivity index is 1.65. The van der Waals surface area contributed by atoms with Crippen LogP contribution in [0.2, 0.25) is 0 Å². The van der Waals surface area contributed by atoms with E-state index in [-0.39, 0.29) is 29.4 Å². The summed E-state index contributed by atoms with van der Waals surface area (Å²) in [4.78, 5) is 0.0162. The van der Waals surface area contributed by atoms with Crippen molar-refractivity contribution in [1.29, 1.82) is 0 Å². The zero-order valence-corrected chi connectivity index (χ0v) is 22.8. The van der Waals surface area contributed by atoms with Crippen LogP contribution in [0, 0.1) is 5.82 Å². The SMILES string of the molecule is CNCc1cc(-c2ccc(OCc3ccccc3OC)cc2F)n(S(=O)(=O)c2cccc(OCCOC)c2)c1. The van der Waals surface area contributed by atoms with Crippen LogP contribution < -0.4 is 19.5 Å². The summed E-state index contributed by atoms with van der Waals surface area (Å²) in [5.74, 6) is 0.747. The maximum Gasteiger partial charge on any atom is 0.268 e. The van der Waals surface area contributed by atoms with E-state index in [9.17, 15) is 8.42 Å². The molecular formula is C29H31FN2O6S. The Labute approximate surface area is 228 Å². The normalized spacial score (nSPS) is 11.4. The van der Waals surface area contributed by atoms with Crippen molar-refractivity contribution < 1.29 is 31.8 Å². The Hall–Kier alpha value is -3.86. The third kappa shape index (κ3) is 6.59. The molecule has 0 spiro atoms. The van der Waals surface area contributed by atoms with Crippen molar-refractivity contribution >= 4 is 10.0 Å². The largest absolute Gasteiger partial charge is 0.496 e. The van der Waals surface area contributed by atoms with Crippen LogP contribution in [-0.2, 0) is 27.9 Å². The number of nitrogens with one attached hydrogen (secondary N) is 1. The maximum absolute atomic E-state index is 15.4. The number of ether oxygens (including phenoxy) is 4. The van der Waals surface area contributed by atoms with E-state index >= 15 is 4.39 Å². The Morgan fingerprint density at radius 1 is 0.897 bits per heavy atom. The number of nitrogens with zero attached hydrogens (tertiary/aromatic N) is 1. The highest BCUT2D eigenvalue weighted by Crippen LogP contribution is 2.32. The topological polar surface area (TPSA) is 88.0 Å². The molecule has 0 saturated carbocycles. The second-order valence-corrected chi connectivity index (χ2v) is 10.4. The molecule has 0 saturated heterocycles. The van der Waals surface area contributed by atoms with Crippen LogP contribution in [0.25, 0.3) is 11.3 Å². The molecule has 0 radical (unpaired) electrons. The summed E-state index contributed by atoms with van der Waals surface area (Å²) in [5, 5.41) is 3.01. The number of halogens is 1. The molecular weight excluding hydrogens is 523 g/mol. The fraction of sp³-hybridized carbons (Fsp3) is 0.241. The highest BCUT2D eigenvalue weighted by Gasteiger charge is 2.24. The second-order valence-electron chi connectivity index (χ2n) is 8.62. The van der Waals surface area contributed by atoms with Crippen molar-refractivity contribution in [2.24, 2.45) is 0 Å². The van der Waals surface area contributed by atoms with E-state index in [1.807, 2.05) is 24.3 Å². The third-order valence-electron chi connectivity index (χ3n) is 5.95. The molecule has 0 amide bonds. The molecule has 39 heavy (non-hydrogen) atoms. The molecule has 1 aromatic heterocycles. The van der Waals surface area contributed by atoms with Crippen molar-refractivity contribution in [3.8, 4) is 28.5 Å². The van der Waals surface area contributed by atoms with Crippen LogP contribution >= 0.6 is 0 Å². The van der Waals surface area contributed by atoms with Gasteiger partial charge >= 0.3 is 0 Å². The van der Waals surface area contributed by atoms with Crippen LogP contribution in [-0.4, -0.2) is 46.9 Å². The van der Waals surface area contributed by atoms with E-state index in [0.29, 0.717) is 36.0 Å². The lowest BCUT2D eigenvalue weighted by Crippen LogP contribution is -2.14. The highest BCUT2D eigenvalue weighted by atomic mass is 32.2. The van der Waals surface area contributed by atoms with Crippen molar-refractivity contribution in [2.75, 3.05) is 34.5 Å². The Bertz CT molecular complexity index is 1520. The van der Waals surface area contributed by atoms with Crippen LogP contribution in [0.5, 0.6) is 17.2 Å². The van der Waals surface area contributed by atoms with E-state index in [4.69, 9.17) is 18.9 Å². The lowest BCUT2D eigenvalue weighted by molar-refractivity contribution is 0.146. The molecule has 8 nitrogen and oxygen atoms in total. The summed E-state index contributed by atoms with van der Waals surface area (Å²) in [6.45, 7) is 1.22. The predicted octanol–water partition coefficient (Wildman–Crippen LogP) is 4.86. The average molecular weight is 555 g/mol. The van der Waals surface area contributed by atoms with Gasteiger partial charge in [0.2, 0.25) is 0 Å². The van der Waals surface area contributed by atoms with Crippen molar-refractivity contribution in [3.05, 3.63) is 95.9 Å². The molecule has 10 heteroatoms. The van der Waals surface area contributed by atoms with Crippen LogP contribution in [0.3, 0.4) is 0 Å². The van der Waals surface area contributed by atoms with E-state index in [2.05, 4.69) is 5.32 Å². The minimum absolute atomic E-state index is 0.0162. The Kier molecular flexibility index (Phi) is 9.23. The highest BCUT2D eigenvalue weighted by molar-refractivity contribution is 7.90. The van der Waals surface area contributed by atoms with Crippen molar-refractivity contribution in [2.45, 2.75) is 18.0 Å². The summed E-state index contributed by atoms with van der Waals surface area (Å²) in [6, 6.07) is 19.6. The standard InChI is InChI=1S/C29H31FN2O6S/c1-31-18-21-15-28(32(19-21)39(33,34)25-9-6-8-23(16-25)37-14-13-35-2)26-12-11-24(17-27(26)30)38-20-22-7-4-5-10-29(22)36-3/h4-12,15-17,19,31H,13-14,18,20H2,1-3H3. The number of benzene rings is 3. The number of para-hydroxylation sites is 1. The first kappa shape index (κ1) is 28.2. The lowest BCUT2D eigenvalue weighted by atomic mass is 10.1. The molecule has 1 heterocycles. The van der Waals surface area contributed by atoms with Crippen molar-refractivity contribution in [3.63, 3.8) is 0 Å². The molecule has 3 aromatic carbocycles. The molecule has 0 bridgehead atoms. The fourth-order valence-corrected chi connectivity index (χ4v) is 5.48. The van der Waals surface area contributed by atoms with Crippen LogP contribution in [0.15, 0.2) is 83.9 Å². The predicted molar refractivity (Wildman–Crippen MR) is 146 cm³/mol. The Morgan fingerprint density at radius 2 is 1.69 bits per heavy atom. The molecule has 0 aliphatic heterocycles. The molecule has 0 unspecified atom stereocenters. The van der Waals surface area contributed by atoms with Gasteiger partial charge in [-0.05, 0) is 49.0 Å². The summed E-state index contributed by atoms with van der Waals surface area (Å²) in [7, 11) is 0.795. The van der Waals surface area contributed by atoms with Crippen LogP contribution in [0.1, 0.15) is 11.1 Å². The van der Waals surface area contributed by atoms with Gasteiger partial charge in [-0.3, -0.25) is 0 Å². The van der Waals surface area contributed by atoms with Gasteiger partial charge in [0, 0.05) is 43.1 Å². The zero-order chi connectivity index (χ0) is 27.8. The summed E-state index contributed by atoms with van der Waals surface area (Å²) < 4.78 is 65.7. The van der Waals surface area contributed by atoms with Gasteiger partial charge in [-0.25, -0.2) is 16.8 Å². The average Bonchev–Trinajstić information content (AvgIpc) is 3.37. The first-order valence-corrected chi connectivity index (χ1v) is 13.7. The van der Waals surface area contributed by atoms with Gasteiger partial charge in [0.1, 0.15) is 36.3 Å². The molecule has 206 valence electrons. The van der Waals surface area contributed by atoms with E-state index < -0.39 is 15.8 Å². The fourth-order valence-electron chi connectivity index (χ4n) is 4.05. The molecule has 0 atom stereocenters. The maximum atomic E-state index is 15.4. The number of rotatable bonds is 13. The second kappa shape index (κ2) is 12.8. The van der Waals surface area contributed by atoms with Crippen molar-refractivity contribution in [1.82, 2.24) is 9.29 Å². The molecule has 0 fully saturated rings. The number of aromatic nitrogens is 1. The monoisotopic (exact) mass is 554 g/mol.